The van der Waals surface area contributed by atoms with Gasteiger partial charge in [-0.05, 0) is 0 Å². The van der Waals surface area contributed by atoms with Crippen LogP contribution >= 0.6 is 0 Å². The van der Waals surface area contributed by atoms with E-state index < -0.39 is 0 Å². The van der Waals surface area contributed by atoms with Crippen molar-refractivity contribution in [3.05, 3.63) is 0 Å². The summed E-state index contributed by atoms with van der Waals surface area (Å²) in [6.45, 7) is 2.00. The summed E-state index contributed by atoms with van der Waals surface area (Å²) >= 11 is 0. The third kappa shape index (κ3) is 1.33. The molecule has 10 heavy (non-hydrogen) atoms. The van der Waals surface area contributed by atoms with Crippen LogP contribution in [0.3, 0.4) is 0 Å². The lowest BCUT2D eigenvalue weighted by molar-refractivity contribution is -0.126. The van der Waals surface area contributed by atoms with E-state index in [4.69, 9.17) is 0 Å². The first-order chi connectivity index (χ1) is 4.88. The number of aldehydes is 1. The predicted molar refractivity (Wildman–Crippen MR) is 35.5 cm³/mol. The zero-order valence-corrected chi connectivity index (χ0v) is 5.62. The average Bonchev–Trinajstić information content (AvgIpc) is 2.04. The van der Waals surface area contributed by atoms with E-state index >= 15 is 0 Å². The molecule has 0 aromatic carbocycles. The van der Waals surface area contributed by atoms with Gasteiger partial charge in [0.2, 0.25) is 6.41 Å². The zero-order valence-electron chi connectivity index (χ0n) is 5.62. The van der Waals surface area contributed by atoms with E-state index in [0.29, 0.717) is 13.1 Å². The molecule has 1 amide bonds. The van der Waals surface area contributed by atoms with Crippen molar-refractivity contribution >= 4 is 12.7 Å². The highest BCUT2D eigenvalue weighted by Gasteiger charge is 2.18. The predicted octanol–water partition coefficient (Wildman–Crippen LogP) is -1.38. The Bertz CT molecular complexity index is 122. The van der Waals surface area contributed by atoms with Crippen LogP contribution in [0.15, 0.2) is 0 Å². The summed E-state index contributed by atoms with van der Waals surface area (Å²) in [5.74, 6) is 0. The van der Waals surface area contributed by atoms with Crippen LogP contribution in [0.4, 0.5) is 0 Å². The molecule has 1 N–H and O–H groups in total. The van der Waals surface area contributed by atoms with Gasteiger partial charge < -0.3 is 15.0 Å². The number of carbonyl (C=O) groups is 2. The van der Waals surface area contributed by atoms with Crippen LogP contribution in [-0.2, 0) is 9.59 Å². The van der Waals surface area contributed by atoms with Crippen LogP contribution in [0.25, 0.3) is 0 Å². The van der Waals surface area contributed by atoms with E-state index in [1.54, 1.807) is 0 Å². The first-order valence-electron chi connectivity index (χ1n) is 3.25. The first-order valence-corrected chi connectivity index (χ1v) is 3.25. The van der Waals surface area contributed by atoms with Crippen molar-refractivity contribution in [2.24, 2.45) is 0 Å². The number of amides is 1. The molecule has 0 saturated carbocycles. The molecule has 1 aliphatic heterocycles. The fourth-order valence-corrected chi connectivity index (χ4v) is 0.998. The molecule has 4 heteroatoms. The summed E-state index contributed by atoms with van der Waals surface area (Å²) < 4.78 is 0. The Morgan fingerprint density at radius 2 is 2.30 bits per heavy atom. The molecule has 1 aliphatic rings. The van der Waals surface area contributed by atoms with Crippen molar-refractivity contribution in [2.45, 2.75) is 6.04 Å². The Labute approximate surface area is 59.2 Å². The molecule has 0 aromatic rings. The number of carbonyl (C=O) groups excluding carboxylic acids is 2. The number of hydrogen-bond donors (Lipinski definition) is 1. The molecular formula is C6H10N2O2. The fraction of sp³-hybridized carbons (Fsp3) is 0.667. The number of nitrogens with one attached hydrogen (secondary N) is 1. The highest BCUT2D eigenvalue weighted by molar-refractivity contribution is 5.64. The van der Waals surface area contributed by atoms with E-state index in [1.165, 1.54) is 4.90 Å². The lowest BCUT2D eigenvalue weighted by Crippen LogP contribution is -2.51. The van der Waals surface area contributed by atoms with E-state index in [2.05, 4.69) is 5.32 Å². The highest BCUT2D eigenvalue weighted by Crippen LogP contribution is 1.95. The Morgan fingerprint density at radius 3 is 2.80 bits per heavy atom. The van der Waals surface area contributed by atoms with Gasteiger partial charge in [-0.1, -0.05) is 0 Å². The van der Waals surface area contributed by atoms with Crippen LogP contribution in [0.2, 0.25) is 0 Å². The molecule has 0 bridgehead atoms. The van der Waals surface area contributed by atoms with E-state index in [1.807, 2.05) is 0 Å². The van der Waals surface area contributed by atoms with Crippen LogP contribution in [-0.4, -0.2) is 43.3 Å². The monoisotopic (exact) mass is 142 g/mol. The molecule has 0 aliphatic carbocycles. The minimum Gasteiger partial charge on any atom is -0.333 e. The van der Waals surface area contributed by atoms with Gasteiger partial charge in [0, 0.05) is 19.6 Å². The van der Waals surface area contributed by atoms with Gasteiger partial charge in [-0.15, -0.1) is 0 Å². The number of piperazine rings is 1. The molecule has 1 rings (SSSR count). The second-order valence-corrected chi connectivity index (χ2v) is 2.25. The van der Waals surface area contributed by atoms with Crippen molar-refractivity contribution in [2.75, 3.05) is 19.6 Å². The van der Waals surface area contributed by atoms with Crippen molar-refractivity contribution in [1.29, 1.82) is 0 Å². The molecule has 1 heterocycles. The van der Waals surface area contributed by atoms with Gasteiger partial charge in [-0.2, -0.15) is 0 Å². The Hall–Kier alpha value is -0.900. The maximum atomic E-state index is 10.3. The van der Waals surface area contributed by atoms with E-state index in [0.717, 1.165) is 19.2 Å². The maximum absolute atomic E-state index is 10.3. The Kier molecular flexibility index (Phi) is 2.39. The molecule has 1 unspecified atom stereocenters. The third-order valence-electron chi connectivity index (χ3n) is 1.62. The number of hydrogen-bond acceptors (Lipinski definition) is 3. The smallest absolute Gasteiger partial charge is 0.210 e. The van der Waals surface area contributed by atoms with Gasteiger partial charge in [0.15, 0.2) is 0 Å². The summed E-state index contributed by atoms with van der Waals surface area (Å²) in [4.78, 5) is 22.1. The topological polar surface area (TPSA) is 49.4 Å². The van der Waals surface area contributed by atoms with E-state index in [9.17, 15) is 9.59 Å². The van der Waals surface area contributed by atoms with Gasteiger partial charge in [0.1, 0.15) is 6.29 Å². The van der Waals surface area contributed by atoms with Crippen molar-refractivity contribution in [3.63, 3.8) is 0 Å². The van der Waals surface area contributed by atoms with Gasteiger partial charge in [-0.3, -0.25) is 4.79 Å². The van der Waals surface area contributed by atoms with Crippen LogP contribution < -0.4 is 5.32 Å². The normalized spacial score (nSPS) is 26.0. The summed E-state index contributed by atoms with van der Waals surface area (Å²) in [6.07, 6.45) is 1.51. The van der Waals surface area contributed by atoms with Crippen LogP contribution in [0, 0.1) is 0 Å². The van der Waals surface area contributed by atoms with Crippen LogP contribution in [0.5, 0.6) is 0 Å². The minimum atomic E-state index is -0.258. The molecule has 1 fully saturated rings. The average molecular weight is 142 g/mol. The Balaban J connectivity index is 2.49. The summed E-state index contributed by atoms with van der Waals surface area (Å²) in [6, 6.07) is -0.258. The van der Waals surface area contributed by atoms with Gasteiger partial charge in [0.25, 0.3) is 0 Å². The zero-order chi connectivity index (χ0) is 7.40. The van der Waals surface area contributed by atoms with E-state index in [-0.39, 0.29) is 6.04 Å². The fourth-order valence-electron chi connectivity index (χ4n) is 0.998. The van der Waals surface area contributed by atoms with Crippen molar-refractivity contribution in [1.82, 2.24) is 10.2 Å². The second-order valence-electron chi connectivity index (χ2n) is 2.25. The van der Waals surface area contributed by atoms with Gasteiger partial charge in [-0.25, -0.2) is 0 Å². The highest BCUT2D eigenvalue weighted by atomic mass is 16.1. The third-order valence-corrected chi connectivity index (χ3v) is 1.62. The van der Waals surface area contributed by atoms with Crippen molar-refractivity contribution in [3.8, 4) is 0 Å². The molecule has 56 valence electrons. The summed E-state index contributed by atoms with van der Waals surface area (Å²) in [5.41, 5.74) is 0. The van der Waals surface area contributed by atoms with Gasteiger partial charge >= 0.3 is 0 Å². The molecule has 0 spiro atoms. The SMILES string of the molecule is O=CC1CNCCN1C=O. The molecule has 4 nitrogen and oxygen atoms in total. The lowest BCUT2D eigenvalue weighted by Gasteiger charge is -2.29. The minimum absolute atomic E-state index is 0.258. The molecular weight excluding hydrogens is 132 g/mol. The van der Waals surface area contributed by atoms with Crippen molar-refractivity contribution < 1.29 is 9.59 Å². The maximum Gasteiger partial charge on any atom is 0.210 e. The summed E-state index contributed by atoms with van der Waals surface area (Å²) in [7, 11) is 0. The van der Waals surface area contributed by atoms with Gasteiger partial charge in [0.05, 0.1) is 6.04 Å². The standard InChI is InChI=1S/C6H10N2O2/c9-4-6-3-7-1-2-8(6)5-10/h4-7H,1-3H2. The molecule has 0 aromatic heterocycles. The number of rotatable bonds is 2. The Morgan fingerprint density at radius 1 is 1.50 bits per heavy atom. The molecule has 1 atom stereocenters. The van der Waals surface area contributed by atoms with Crippen LogP contribution in [0.1, 0.15) is 0 Å². The molecule has 1 saturated heterocycles. The molecule has 0 radical (unpaired) electrons. The summed E-state index contributed by atoms with van der Waals surface area (Å²) in [5, 5.41) is 3.02. The quantitative estimate of drug-likeness (QED) is 0.483. The first kappa shape index (κ1) is 7.21. The lowest BCUT2D eigenvalue weighted by atomic mass is 10.2. The number of nitrogens with zero attached hydrogens (tertiary/aromatic N) is 1. The second kappa shape index (κ2) is 3.31. The largest absolute Gasteiger partial charge is 0.333 e.